The van der Waals surface area contributed by atoms with Gasteiger partial charge in [0.05, 0.1) is 21.1 Å². The third-order valence-electron chi connectivity index (χ3n) is 5.33. The molecular formula is C23H26IN7. The number of fused-ring (bicyclic) bond motifs is 1. The van der Waals surface area contributed by atoms with Gasteiger partial charge in [0.1, 0.15) is 5.82 Å². The number of aromatic amines is 1. The van der Waals surface area contributed by atoms with Crippen molar-refractivity contribution in [3.05, 3.63) is 58.6 Å². The first-order valence-electron chi connectivity index (χ1n) is 10.4. The highest BCUT2D eigenvalue weighted by Crippen LogP contribution is 2.30. The standard InChI is InChI=1S/C23H26IN7/c1-3-16(14-31(4-2)21-10-9-15(25)11-27-21)29-23-28-13-19(24)22(30-23)18-12-26-20-8-6-5-7-17(18)20/h5-13,16,26H,3-4,14,25H2,1-2H3,(H,28,29,30)/t16-/m1/s1. The minimum Gasteiger partial charge on any atom is -0.397 e. The predicted molar refractivity (Wildman–Crippen MR) is 136 cm³/mol. The molecule has 0 fully saturated rings. The molecule has 4 rings (SSSR count). The first-order valence-corrected chi connectivity index (χ1v) is 11.5. The fourth-order valence-electron chi connectivity index (χ4n) is 3.59. The molecule has 0 aliphatic heterocycles. The second kappa shape index (κ2) is 9.51. The van der Waals surface area contributed by atoms with Crippen LogP contribution in [0.25, 0.3) is 22.2 Å². The monoisotopic (exact) mass is 527 g/mol. The first kappa shape index (κ1) is 21.4. The van der Waals surface area contributed by atoms with Crippen molar-refractivity contribution in [1.82, 2.24) is 19.9 Å². The number of benzene rings is 1. The highest BCUT2D eigenvalue weighted by molar-refractivity contribution is 14.1. The fourth-order valence-corrected chi connectivity index (χ4v) is 4.14. The maximum Gasteiger partial charge on any atom is 0.223 e. The number of nitrogen functional groups attached to an aromatic ring is 1. The van der Waals surface area contributed by atoms with Crippen molar-refractivity contribution in [3.8, 4) is 11.3 Å². The smallest absolute Gasteiger partial charge is 0.223 e. The van der Waals surface area contributed by atoms with Gasteiger partial charge in [0.25, 0.3) is 0 Å². The third-order valence-corrected chi connectivity index (χ3v) is 6.12. The number of halogens is 1. The van der Waals surface area contributed by atoms with Gasteiger partial charge in [-0.25, -0.2) is 15.0 Å². The average Bonchev–Trinajstić information content (AvgIpc) is 3.22. The van der Waals surface area contributed by atoms with E-state index in [4.69, 9.17) is 10.7 Å². The number of pyridine rings is 1. The molecule has 0 saturated carbocycles. The van der Waals surface area contributed by atoms with Crippen LogP contribution in [0.4, 0.5) is 17.5 Å². The lowest BCUT2D eigenvalue weighted by atomic mass is 10.1. The van der Waals surface area contributed by atoms with Gasteiger partial charge in [-0.3, -0.25) is 0 Å². The van der Waals surface area contributed by atoms with E-state index >= 15 is 0 Å². The molecule has 4 N–H and O–H groups in total. The number of nitrogens with one attached hydrogen (secondary N) is 2. The molecule has 3 heterocycles. The van der Waals surface area contributed by atoms with E-state index in [2.05, 4.69) is 73.7 Å². The van der Waals surface area contributed by atoms with Crippen LogP contribution in [-0.2, 0) is 0 Å². The van der Waals surface area contributed by atoms with Crippen LogP contribution in [0, 0.1) is 3.57 Å². The lowest BCUT2D eigenvalue weighted by Crippen LogP contribution is -2.37. The van der Waals surface area contributed by atoms with Crippen LogP contribution in [0.2, 0.25) is 0 Å². The Morgan fingerprint density at radius 3 is 2.71 bits per heavy atom. The van der Waals surface area contributed by atoms with Gasteiger partial charge in [0.15, 0.2) is 0 Å². The second-order valence-electron chi connectivity index (χ2n) is 7.38. The summed E-state index contributed by atoms with van der Waals surface area (Å²) in [7, 11) is 0. The zero-order valence-corrected chi connectivity index (χ0v) is 19.8. The Kier molecular flexibility index (Phi) is 6.55. The molecule has 0 spiro atoms. The summed E-state index contributed by atoms with van der Waals surface area (Å²) in [6.07, 6.45) is 6.52. The Morgan fingerprint density at radius 1 is 1.13 bits per heavy atom. The van der Waals surface area contributed by atoms with Crippen LogP contribution in [0.1, 0.15) is 20.3 Å². The van der Waals surface area contributed by atoms with Gasteiger partial charge in [0.2, 0.25) is 5.95 Å². The quantitative estimate of drug-likeness (QED) is 0.282. The van der Waals surface area contributed by atoms with E-state index < -0.39 is 0 Å². The Labute approximate surface area is 195 Å². The topological polar surface area (TPSA) is 95.7 Å². The number of likely N-dealkylation sites (N-methyl/N-ethyl adjacent to an activating group) is 1. The highest BCUT2D eigenvalue weighted by Gasteiger charge is 2.17. The summed E-state index contributed by atoms with van der Waals surface area (Å²) < 4.78 is 1.02. The van der Waals surface area contributed by atoms with Crippen molar-refractivity contribution >= 4 is 50.9 Å². The summed E-state index contributed by atoms with van der Waals surface area (Å²) in [5, 5.41) is 4.68. The van der Waals surface area contributed by atoms with Gasteiger partial charge in [-0.05, 0) is 54.1 Å². The number of hydrogen-bond donors (Lipinski definition) is 3. The maximum absolute atomic E-state index is 5.79. The molecule has 0 radical (unpaired) electrons. The fraction of sp³-hybridized carbons (Fsp3) is 0.261. The Morgan fingerprint density at radius 2 is 1.97 bits per heavy atom. The summed E-state index contributed by atoms with van der Waals surface area (Å²) in [4.78, 5) is 19.4. The number of aromatic nitrogens is 4. The van der Waals surface area contributed by atoms with Gasteiger partial charge < -0.3 is 20.9 Å². The minimum atomic E-state index is 0.176. The zero-order chi connectivity index (χ0) is 21.8. The third kappa shape index (κ3) is 4.73. The minimum absolute atomic E-state index is 0.176. The van der Waals surface area contributed by atoms with E-state index in [0.29, 0.717) is 11.6 Å². The van der Waals surface area contributed by atoms with E-state index in [1.807, 2.05) is 36.7 Å². The average molecular weight is 527 g/mol. The van der Waals surface area contributed by atoms with Crippen molar-refractivity contribution in [1.29, 1.82) is 0 Å². The highest BCUT2D eigenvalue weighted by atomic mass is 127. The normalized spacial score (nSPS) is 12.1. The van der Waals surface area contributed by atoms with Crippen molar-refractivity contribution in [2.45, 2.75) is 26.3 Å². The van der Waals surface area contributed by atoms with Crippen LogP contribution in [-0.4, -0.2) is 39.1 Å². The number of rotatable bonds is 8. The maximum atomic E-state index is 5.79. The van der Waals surface area contributed by atoms with Crippen molar-refractivity contribution < 1.29 is 0 Å². The number of H-pyrrole nitrogens is 1. The van der Waals surface area contributed by atoms with E-state index in [0.717, 1.165) is 51.1 Å². The number of nitrogens with zero attached hydrogens (tertiary/aromatic N) is 4. The van der Waals surface area contributed by atoms with Crippen LogP contribution >= 0.6 is 22.6 Å². The lowest BCUT2D eigenvalue weighted by Gasteiger charge is -2.27. The Hall–Kier alpha value is -2.88. The SMILES string of the molecule is CC[C@H](CN(CC)c1ccc(N)cn1)Nc1ncc(I)c(-c2c[nH]c3ccccc23)n1. The molecule has 3 aromatic heterocycles. The molecule has 8 heteroatoms. The molecule has 1 aromatic carbocycles. The van der Waals surface area contributed by atoms with Crippen molar-refractivity contribution in [3.63, 3.8) is 0 Å². The number of para-hydroxylation sites is 1. The molecule has 0 bridgehead atoms. The van der Waals surface area contributed by atoms with Gasteiger partial charge in [0, 0.05) is 48.0 Å². The Bertz CT molecular complexity index is 1160. The van der Waals surface area contributed by atoms with E-state index in [9.17, 15) is 0 Å². The summed E-state index contributed by atoms with van der Waals surface area (Å²) >= 11 is 2.30. The number of anilines is 3. The van der Waals surface area contributed by atoms with Crippen LogP contribution in [0.5, 0.6) is 0 Å². The molecule has 31 heavy (non-hydrogen) atoms. The lowest BCUT2D eigenvalue weighted by molar-refractivity contribution is 0.648. The molecule has 0 unspecified atom stereocenters. The van der Waals surface area contributed by atoms with Crippen LogP contribution in [0.15, 0.2) is 55.0 Å². The van der Waals surface area contributed by atoms with Crippen LogP contribution in [0.3, 0.4) is 0 Å². The molecule has 7 nitrogen and oxygen atoms in total. The molecule has 0 aliphatic rings. The van der Waals surface area contributed by atoms with Gasteiger partial charge in [-0.15, -0.1) is 0 Å². The van der Waals surface area contributed by atoms with Crippen molar-refractivity contribution in [2.24, 2.45) is 0 Å². The summed E-state index contributed by atoms with van der Waals surface area (Å²) in [5.74, 6) is 1.55. The molecule has 0 saturated heterocycles. The first-order chi connectivity index (χ1) is 15.1. The molecule has 0 amide bonds. The van der Waals surface area contributed by atoms with Gasteiger partial charge in [-0.2, -0.15) is 0 Å². The molecular weight excluding hydrogens is 501 g/mol. The molecule has 1 atom stereocenters. The Balaban J connectivity index is 1.56. The predicted octanol–water partition coefficient (Wildman–Crippen LogP) is 4.92. The van der Waals surface area contributed by atoms with Crippen molar-refractivity contribution in [2.75, 3.05) is 29.0 Å². The summed E-state index contributed by atoms with van der Waals surface area (Å²) in [6, 6.07) is 12.3. The zero-order valence-electron chi connectivity index (χ0n) is 17.6. The summed E-state index contributed by atoms with van der Waals surface area (Å²) in [6.45, 7) is 5.93. The van der Waals surface area contributed by atoms with Crippen LogP contribution < -0.4 is 16.0 Å². The number of nitrogens with two attached hydrogens (primary N) is 1. The van der Waals surface area contributed by atoms with E-state index in [1.165, 1.54) is 0 Å². The van der Waals surface area contributed by atoms with E-state index in [1.54, 1.807) is 6.20 Å². The number of hydrogen-bond acceptors (Lipinski definition) is 6. The molecule has 4 aromatic rings. The molecule has 0 aliphatic carbocycles. The summed E-state index contributed by atoms with van der Waals surface area (Å²) in [5.41, 5.74) is 9.57. The van der Waals surface area contributed by atoms with Gasteiger partial charge in [-0.1, -0.05) is 25.1 Å². The largest absolute Gasteiger partial charge is 0.397 e. The second-order valence-corrected chi connectivity index (χ2v) is 8.54. The van der Waals surface area contributed by atoms with E-state index in [-0.39, 0.29) is 6.04 Å². The molecule has 160 valence electrons. The van der Waals surface area contributed by atoms with Gasteiger partial charge >= 0.3 is 0 Å².